The minimum atomic E-state index is -0.150. The zero-order chi connectivity index (χ0) is 12.4. The van der Waals surface area contributed by atoms with E-state index < -0.39 is 0 Å². The quantitative estimate of drug-likeness (QED) is 0.929. The molecular weight excluding hydrogens is 284 g/mol. The molecule has 1 aromatic rings. The van der Waals surface area contributed by atoms with Crippen molar-refractivity contribution in [1.29, 1.82) is 0 Å². The summed E-state index contributed by atoms with van der Waals surface area (Å²) in [5.41, 5.74) is 0.843. The summed E-state index contributed by atoms with van der Waals surface area (Å²) in [6, 6.07) is 5.55. The lowest BCUT2D eigenvalue weighted by Crippen LogP contribution is -2.31. The number of anilines is 1. The van der Waals surface area contributed by atoms with Crippen molar-refractivity contribution in [3.8, 4) is 5.75 Å². The number of nitrogens with one attached hydrogen (secondary N) is 1. The number of methoxy groups -OCH3 is 1. The second-order valence-electron chi connectivity index (χ2n) is 4.09. The van der Waals surface area contributed by atoms with Crippen molar-refractivity contribution in [3.63, 3.8) is 0 Å². The predicted octanol–water partition coefficient (Wildman–Crippen LogP) is 2.10. The molecule has 1 aromatic carbocycles. The number of rotatable bonds is 3. The van der Waals surface area contributed by atoms with Crippen LogP contribution in [0, 0.1) is 0 Å². The molecule has 0 spiro atoms. The largest absolute Gasteiger partial charge is 0.495 e. The van der Waals surface area contributed by atoms with Gasteiger partial charge in [0.05, 0.1) is 12.8 Å². The van der Waals surface area contributed by atoms with Crippen LogP contribution in [0.2, 0.25) is 0 Å². The molecule has 0 aromatic heterocycles. The minimum Gasteiger partial charge on any atom is -0.495 e. The van der Waals surface area contributed by atoms with Crippen LogP contribution in [0.3, 0.4) is 0 Å². The first-order valence-electron chi connectivity index (χ1n) is 5.47. The lowest BCUT2D eigenvalue weighted by Gasteiger charge is -2.16. The third-order valence-corrected chi connectivity index (χ3v) is 3.41. The SMILES string of the molecule is COc1ccc(Br)cc1NC1CCN(C)C1=O. The second-order valence-corrected chi connectivity index (χ2v) is 5.01. The fourth-order valence-electron chi connectivity index (χ4n) is 1.94. The molecule has 0 radical (unpaired) electrons. The van der Waals surface area contributed by atoms with E-state index in [1.54, 1.807) is 12.0 Å². The van der Waals surface area contributed by atoms with E-state index in [0.717, 1.165) is 28.9 Å². The van der Waals surface area contributed by atoms with E-state index in [0.29, 0.717) is 0 Å². The van der Waals surface area contributed by atoms with Crippen LogP contribution in [0.15, 0.2) is 22.7 Å². The third kappa shape index (κ3) is 2.54. The second kappa shape index (κ2) is 4.96. The molecule has 92 valence electrons. The summed E-state index contributed by atoms with van der Waals surface area (Å²) in [6.07, 6.45) is 0.824. The molecule has 1 N–H and O–H groups in total. The molecule has 0 aliphatic carbocycles. The van der Waals surface area contributed by atoms with E-state index in [4.69, 9.17) is 4.74 Å². The molecule has 4 nitrogen and oxygen atoms in total. The highest BCUT2D eigenvalue weighted by Crippen LogP contribution is 2.29. The Hall–Kier alpha value is -1.23. The van der Waals surface area contributed by atoms with Crippen LogP contribution in [-0.4, -0.2) is 37.6 Å². The van der Waals surface area contributed by atoms with Crippen LogP contribution in [0.25, 0.3) is 0 Å². The molecule has 1 saturated heterocycles. The maximum absolute atomic E-state index is 11.8. The maximum Gasteiger partial charge on any atom is 0.244 e. The monoisotopic (exact) mass is 298 g/mol. The summed E-state index contributed by atoms with van der Waals surface area (Å²) in [4.78, 5) is 13.5. The summed E-state index contributed by atoms with van der Waals surface area (Å²) < 4.78 is 6.22. The van der Waals surface area contributed by atoms with E-state index in [-0.39, 0.29) is 11.9 Å². The standard InChI is InChI=1S/C12H15BrN2O2/c1-15-6-5-9(12(15)16)14-10-7-8(13)3-4-11(10)17-2/h3-4,7,9,14H,5-6H2,1-2H3. The Labute approximate surface area is 109 Å². The Morgan fingerprint density at radius 3 is 2.88 bits per heavy atom. The van der Waals surface area contributed by atoms with Gasteiger partial charge >= 0.3 is 0 Å². The number of likely N-dealkylation sites (tertiary alicyclic amines) is 1. The van der Waals surface area contributed by atoms with Gasteiger partial charge in [0, 0.05) is 18.1 Å². The Morgan fingerprint density at radius 1 is 1.53 bits per heavy atom. The van der Waals surface area contributed by atoms with Gasteiger partial charge in [-0.1, -0.05) is 15.9 Å². The van der Waals surface area contributed by atoms with Gasteiger partial charge < -0.3 is 15.0 Å². The van der Waals surface area contributed by atoms with Gasteiger partial charge in [-0.05, 0) is 24.6 Å². The van der Waals surface area contributed by atoms with Crippen molar-refractivity contribution in [2.24, 2.45) is 0 Å². The molecule has 1 fully saturated rings. The zero-order valence-electron chi connectivity index (χ0n) is 9.87. The highest BCUT2D eigenvalue weighted by Gasteiger charge is 2.29. The molecule has 0 bridgehead atoms. The van der Waals surface area contributed by atoms with Crippen LogP contribution in [0.4, 0.5) is 5.69 Å². The van der Waals surface area contributed by atoms with Gasteiger partial charge in [-0.15, -0.1) is 0 Å². The number of nitrogens with zero attached hydrogens (tertiary/aromatic N) is 1. The summed E-state index contributed by atoms with van der Waals surface area (Å²) >= 11 is 3.41. The minimum absolute atomic E-state index is 0.132. The molecular formula is C12H15BrN2O2. The molecule has 1 amide bonds. The average molecular weight is 299 g/mol. The van der Waals surface area contributed by atoms with Crippen LogP contribution in [-0.2, 0) is 4.79 Å². The van der Waals surface area contributed by atoms with Crippen LogP contribution >= 0.6 is 15.9 Å². The molecule has 1 heterocycles. The first kappa shape index (κ1) is 12.2. The lowest BCUT2D eigenvalue weighted by atomic mass is 10.2. The van der Waals surface area contributed by atoms with Crippen molar-refractivity contribution in [2.75, 3.05) is 26.0 Å². The van der Waals surface area contributed by atoms with E-state index in [9.17, 15) is 4.79 Å². The van der Waals surface area contributed by atoms with Crippen molar-refractivity contribution in [3.05, 3.63) is 22.7 Å². The van der Waals surface area contributed by atoms with Crippen molar-refractivity contribution in [2.45, 2.75) is 12.5 Å². The first-order valence-corrected chi connectivity index (χ1v) is 6.26. The van der Waals surface area contributed by atoms with Gasteiger partial charge in [-0.2, -0.15) is 0 Å². The van der Waals surface area contributed by atoms with Crippen molar-refractivity contribution in [1.82, 2.24) is 4.90 Å². The number of likely N-dealkylation sites (N-methyl/N-ethyl adjacent to an activating group) is 1. The fourth-order valence-corrected chi connectivity index (χ4v) is 2.30. The predicted molar refractivity (Wildman–Crippen MR) is 70.4 cm³/mol. The van der Waals surface area contributed by atoms with Gasteiger partial charge in [0.1, 0.15) is 11.8 Å². The molecule has 1 aliphatic rings. The van der Waals surface area contributed by atoms with Crippen LogP contribution in [0.1, 0.15) is 6.42 Å². The maximum atomic E-state index is 11.8. The highest BCUT2D eigenvalue weighted by molar-refractivity contribution is 9.10. The number of benzene rings is 1. The fraction of sp³-hybridized carbons (Fsp3) is 0.417. The molecule has 5 heteroatoms. The number of carbonyl (C=O) groups is 1. The van der Waals surface area contributed by atoms with Crippen molar-refractivity contribution < 1.29 is 9.53 Å². The molecule has 17 heavy (non-hydrogen) atoms. The Bertz CT molecular complexity index is 437. The smallest absolute Gasteiger partial charge is 0.244 e. The third-order valence-electron chi connectivity index (χ3n) is 2.92. The normalized spacial score (nSPS) is 19.6. The van der Waals surface area contributed by atoms with Gasteiger partial charge in [-0.25, -0.2) is 0 Å². The topological polar surface area (TPSA) is 41.6 Å². The number of carbonyl (C=O) groups excluding carboxylic acids is 1. The summed E-state index contributed by atoms with van der Waals surface area (Å²) in [7, 11) is 3.44. The highest BCUT2D eigenvalue weighted by atomic mass is 79.9. The average Bonchev–Trinajstić information content (AvgIpc) is 2.61. The number of hydrogen-bond donors (Lipinski definition) is 1. The number of hydrogen-bond acceptors (Lipinski definition) is 3. The van der Waals surface area contributed by atoms with Crippen molar-refractivity contribution >= 4 is 27.5 Å². The molecule has 0 saturated carbocycles. The number of halogens is 1. The first-order chi connectivity index (χ1) is 8.11. The summed E-state index contributed by atoms with van der Waals surface area (Å²) in [5, 5.41) is 3.24. The van der Waals surface area contributed by atoms with E-state index in [1.165, 1.54) is 0 Å². The van der Waals surface area contributed by atoms with Gasteiger partial charge in [0.2, 0.25) is 5.91 Å². The Balaban J connectivity index is 2.18. The van der Waals surface area contributed by atoms with Gasteiger partial charge in [0.15, 0.2) is 0 Å². The molecule has 1 atom stereocenters. The summed E-state index contributed by atoms with van der Waals surface area (Å²) in [6.45, 7) is 0.798. The summed E-state index contributed by atoms with van der Waals surface area (Å²) in [5.74, 6) is 0.877. The van der Waals surface area contributed by atoms with E-state index in [2.05, 4.69) is 21.2 Å². The molecule has 1 unspecified atom stereocenters. The van der Waals surface area contributed by atoms with Crippen LogP contribution in [0.5, 0.6) is 5.75 Å². The number of amides is 1. The van der Waals surface area contributed by atoms with E-state index in [1.807, 2.05) is 25.2 Å². The Kier molecular flexibility index (Phi) is 3.57. The van der Waals surface area contributed by atoms with Gasteiger partial charge in [0.25, 0.3) is 0 Å². The van der Waals surface area contributed by atoms with Crippen LogP contribution < -0.4 is 10.1 Å². The van der Waals surface area contributed by atoms with E-state index >= 15 is 0 Å². The molecule has 2 rings (SSSR count). The Morgan fingerprint density at radius 2 is 2.29 bits per heavy atom. The van der Waals surface area contributed by atoms with Gasteiger partial charge in [-0.3, -0.25) is 4.79 Å². The lowest BCUT2D eigenvalue weighted by molar-refractivity contribution is -0.127. The zero-order valence-corrected chi connectivity index (χ0v) is 11.5. The molecule has 1 aliphatic heterocycles. The number of ether oxygens (including phenoxy) is 1.